The maximum atomic E-state index is 11.6. The molecule has 0 amide bonds. The highest BCUT2D eigenvalue weighted by Crippen LogP contribution is 2.24. The highest BCUT2D eigenvalue weighted by Gasteiger charge is 2.08. The first-order valence-corrected chi connectivity index (χ1v) is 7.88. The number of hydrogen-bond acceptors (Lipinski definition) is 5. The lowest BCUT2D eigenvalue weighted by molar-refractivity contribution is 0.0988. The second-order valence-electron chi connectivity index (χ2n) is 4.71. The minimum absolute atomic E-state index is 0.128. The zero-order chi connectivity index (χ0) is 15.4. The summed E-state index contributed by atoms with van der Waals surface area (Å²) in [6.07, 6.45) is 2.11. The maximum absolute atomic E-state index is 11.6. The Hall–Kier alpha value is -2.40. The molecule has 0 fully saturated rings. The van der Waals surface area contributed by atoms with Crippen molar-refractivity contribution in [2.75, 3.05) is 0 Å². The third kappa shape index (κ3) is 3.26. The molecule has 0 unspecified atom stereocenters. The van der Waals surface area contributed by atoms with Crippen LogP contribution in [0.15, 0.2) is 52.5 Å². The summed E-state index contributed by atoms with van der Waals surface area (Å²) >= 11 is 1.58. The molecule has 0 aliphatic heterocycles. The van der Waals surface area contributed by atoms with E-state index in [1.165, 1.54) is 0 Å². The van der Waals surface area contributed by atoms with Crippen LogP contribution in [0.3, 0.4) is 0 Å². The van der Waals surface area contributed by atoms with Crippen LogP contribution in [0.5, 0.6) is 5.75 Å². The minimum Gasteiger partial charge on any atom is -0.487 e. The van der Waals surface area contributed by atoms with Crippen LogP contribution in [0.1, 0.15) is 29.4 Å². The smallest absolute Gasteiger partial charge is 0.236 e. The van der Waals surface area contributed by atoms with Crippen LogP contribution >= 0.6 is 11.3 Å². The highest BCUT2D eigenvalue weighted by molar-refractivity contribution is 7.13. The lowest BCUT2D eigenvalue weighted by Crippen LogP contribution is -1.98. The second-order valence-corrected chi connectivity index (χ2v) is 5.66. The van der Waals surface area contributed by atoms with Crippen LogP contribution in [-0.4, -0.2) is 10.8 Å². The molecular formula is C17H15NO3S. The zero-order valence-electron chi connectivity index (χ0n) is 12.1. The summed E-state index contributed by atoms with van der Waals surface area (Å²) in [5.41, 5.74) is 1.44. The van der Waals surface area contributed by atoms with Gasteiger partial charge in [0.05, 0.1) is 4.88 Å². The van der Waals surface area contributed by atoms with Crippen molar-refractivity contribution in [2.24, 2.45) is 0 Å². The number of nitrogens with zero attached hydrogens (tertiary/aromatic N) is 1. The van der Waals surface area contributed by atoms with Crippen molar-refractivity contribution in [2.45, 2.75) is 20.0 Å². The molecule has 0 saturated carbocycles. The number of benzene rings is 1. The van der Waals surface area contributed by atoms with E-state index in [1.54, 1.807) is 41.9 Å². The molecule has 22 heavy (non-hydrogen) atoms. The first kappa shape index (κ1) is 14.5. The summed E-state index contributed by atoms with van der Waals surface area (Å²) < 4.78 is 11.1. The lowest BCUT2D eigenvalue weighted by Gasteiger charge is -2.04. The van der Waals surface area contributed by atoms with Gasteiger partial charge in [-0.25, -0.2) is 4.98 Å². The van der Waals surface area contributed by atoms with Crippen molar-refractivity contribution >= 4 is 17.1 Å². The Labute approximate surface area is 132 Å². The van der Waals surface area contributed by atoms with Crippen molar-refractivity contribution in [3.63, 3.8) is 0 Å². The van der Waals surface area contributed by atoms with Crippen molar-refractivity contribution in [3.05, 3.63) is 59.3 Å². The van der Waals surface area contributed by atoms with Gasteiger partial charge in [-0.1, -0.05) is 13.0 Å². The Morgan fingerprint density at radius 3 is 2.77 bits per heavy atom. The summed E-state index contributed by atoms with van der Waals surface area (Å²) in [5, 5.41) is 1.98. The molecule has 0 aliphatic carbocycles. The standard InChI is InChI=1S/C17H15NO3S/c1-2-15(19)12-5-7-14(8-6-12)20-10-13-11-21-17(18-13)16-4-3-9-22-16/h3-9,11H,2,10H2,1H3. The molecule has 0 saturated heterocycles. The van der Waals surface area contributed by atoms with Crippen LogP contribution in [0.25, 0.3) is 10.8 Å². The molecule has 112 valence electrons. The van der Waals surface area contributed by atoms with Gasteiger partial charge < -0.3 is 9.15 Å². The molecule has 3 rings (SSSR count). The number of thiophene rings is 1. The van der Waals surface area contributed by atoms with Crippen LogP contribution < -0.4 is 4.74 Å². The topological polar surface area (TPSA) is 52.3 Å². The Bertz CT molecular complexity index is 745. The van der Waals surface area contributed by atoms with E-state index in [4.69, 9.17) is 9.15 Å². The van der Waals surface area contributed by atoms with Gasteiger partial charge in [0.1, 0.15) is 24.3 Å². The normalized spacial score (nSPS) is 10.6. The first-order valence-electron chi connectivity index (χ1n) is 7.00. The summed E-state index contributed by atoms with van der Waals surface area (Å²) in [7, 11) is 0. The Balaban J connectivity index is 1.62. The van der Waals surface area contributed by atoms with Crippen LogP contribution in [0.4, 0.5) is 0 Å². The van der Waals surface area contributed by atoms with E-state index in [1.807, 2.05) is 24.4 Å². The van der Waals surface area contributed by atoms with E-state index in [0.717, 1.165) is 10.6 Å². The molecule has 2 heterocycles. The average molecular weight is 313 g/mol. The molecule has 0 N–H and O–H groups in total. The summed E-state index contributed by atoms with van der Waals surface area (Å²) in [4.78, 5) is 16.9. The third-order valence-electron chi connectivity index (χ3n) is 3.17. The molecule has 0 bridgehead atoms. The number of hydrogen-bond donors (Lipinski definition) is 0. The maximum Gasteiger partial charge on any atom is 0.236 e. The molecule has 0 spiro atoms. The minimum atomic E-state index is 0.128. The van der Waals surface area contributed by atoms with E-state index in [-0.39, 0.29) is 5.78 Å². The van der Waals surface area contributed by atoms with Crippen molar-refractivity contribution in [1.82, 2.24) is 4.98 Å². The van der Waals surface area contributed by atoms with Gasteiger partial charge in [0, 0.05) is 12.0 Å². The molecule has 1 aromatic carbocycles. The SMILES string of the molecule is CCC(=O)c1ccc(OCc2coc(-c3cccs3)n2)cc1. The molecule has 0 radical (unpaired) electrons. The quantitative estimate of drug-likeness (QED) is 0.625. The summed E-state index contributed by atoms with van der Waals surface area (Å²) in [6.45, 7) is 2.18. The van der Waals surface area contributed by atoms with Crippen LogP contribution in [-0.2, 0) is 6.61 Å². The van der Waals surface area contributed by atoms with Gasteiger partial charge in [0.25, 0.3) is 0 Å². The van der Waals surface area contributed by atoms with E-state index >= 15 is 0 Å². The number of ether oxygens (including phenoxy) is 1. The van der Waals surface area contributed by atoms with Gasteiger partial charge in [-0.3, -0.25) is 4.79 Å². The predicted octanol–water partition coefficient (Wildman–Crippen LogP) is 4.57. The fraction of sp³-hybridized carbons (Fsp3) is 0.176. The fourth-order valence-electron chi connectivity index (χ4n) is 1.99. The first-order chi connectivity index (χ1) is 10.8. The van der Waals surface area contributed by atoms with E-state index < -0.39 is 0 Å². The van der Waals surface area contributed by atoms with E-state index in [9.17, 15) is 4.79 Å². The molecule has 0 aliphatic rings. The predicted molar refractivity (Wildman–Crippen MR) is 85.2 cm³/mol. The van der Waals surface area contributed by atoms with Gasteiger partial charge in [-0.05, 0) is 35.7 Å². The van der Waals surface area contributed by atoms with E-state index in [0.29, 0.717) is 30.2 Å². The molecule has 5 heteroatoms. The van der Waals surface area contributed by atoms with Crippen molar-refractivity contribution < 1.29 is 13.9 Å². The largest absolute Gasteiger partial charge is 0.487 e. The van der Waals surface area contributed by atoms with Crippen LogP contribution in [0.2, 0.25) is 0 Å². The van der Waals surface area contributed by atoms with Gasteiger partial charge in [-0.2, -0.15) is 0 Å². The number of oxazole rings is 1. The Morgan fingerprint density at radius 2 is 2.09 bits per heavy atom. The number of carbonyl (C=O) groups is 1. The molecular weight excluding hydrogens is 298 g/mol. The van der Waals surface area contributed by atoms with Crippen molar-refractivity contribution in [3.8, 4) is 16.5 Å². The monoisotopic (exact) mass is 313 g/mol. The van der Waals surface area contributed by atoms with Crippen molar-refractivity contribution in [1.29, 1.82) is 0 Å². The number of aromatic nitrogens is 1. The number of rotatable bonds is 6. The van der Waals surface area contributed by atoms with Gasteiger partial charge in [-0.15, -0.1) is 11.3 Å². The van der Waals surface area contributed by atoms with Crippen LogP contribution in [0, 0.1) is 0 Å². The summed E-state index contributed by atoms with van der Waals surface area (Å²) in [5.74, 6) is 1.44. The van der Waals surface area contributed by atoms with Gasteiger partial charge >= 0.3 is 0 Å². The highest BCUT2D eigenvalue weighted by atomic mass is 32.1. The summed E-state index contributed by atoms with van der Waals surface area (Å²) in [6, 6.07) is 11.1. The lowest BCUT2D eigenvalue weighted by atomic mass is 10.1. The molecule has 0 atom stereocenters. The Kier molecular flexibility index (Phi) is 4.34. The van der Waals surface area contributed by atoms with E-state index in [2.05, 4.69) is 4.98 Å². The number of carbonyl (C=O) groups excluding carboxylic acids is 1. The average Bonchev–Trinajstić information content (AvgIpc) is 3.23. The molecule has 3 aromatic rings. The number of Topliss-reactive ketones (excluding diaryl/α,β-unsaturated/α-hetero) is 1. The second kappa shape index (κ2) is 6.58. The third-order valence-corrected chi connectivity index (χ3v) is 4.03. The Morgan fingerprint density at radius 1 is 1.27 bits per heavy atom. The molecule has 2 aromatic heterocycles. The molecule has 4 nitrogen and oxygen atoms in total. The zero-order valence-corrected chi connectivity index (χ0v) is 12.9. The number of ketones is 1. The fourth-order valence-corrected chi connectivity index (χ4v) is 2.64. The van der Waals surface area contributed by atoms with Gasteiger partial charge in [0.15, 0.2) is 5.78 Å². The van der Waals surface area contributed by atoms with Gasteiger partial charge in [0.2, 0.25) is 5.89 Å².